The number of piperazine rings is 1. The minimum atomic E-state index is -0.423. The fourth-order valence-corrected chi connectivity index (χ4v) is 3.65. The van der Waals surface area contributed by atoms with Crippen molar-refractivity contribution >= 4 is 39.1 Å². The summed E-state index contributed by atoms with van der Waals surface area (Å²) >= 11 is 4.82. The lowest BCUT2D eigenvalue weighted by Gasteiger charge is -2.34. The van der Waals surface area contributed by atoms with Crippen molar-refractivity contribution in [3.8, 4) is 0 Å². The van der Waals surface area contributed by atoms with Gasteiger partial charge in [0.15, 0.2) is 0 Å². The van der Waals surface area contributed by atoms with Crippen LogP contribution in [0.15, 0.2) is 39.5 Å². The van der Waals surface area contributed by atoms with Crippen LogP contribution in [0, 0.1) is 5.82 Å². The van der Waals surface area contributed by atoms with Crippen LogP contribution in [0.25, 0.3) is 0 Å². The molecule has 1 aliphatic rings. The molecule has 3 rings (SSSR count). The number of amides is 2. The van der Waals surface area contributed by atoms with Crippen molar-refractivity contribution in [1.29, 1.82) is 0 Å². The largest absolute Gasteiger partial charge is 0.335 e. The third-order valence-electron chi connectivity index (χ3n) is 3.74. The second-order valence-electron chi connectivity index (χ2n) is 5.23. The van der Waals surface area contributed by atoms with Gasteiger partial charge < -0.3 is 9.80 Å². The fraction of sp³-hybridized carbons (Fsp3) is 0.250. The van der Waals surface area contributed by atoms with E-state index in [9.17, 15) is 14.0 Å². The number of hydrogen-bond acceptors (Lipinski definition) is 3. The molecule has 4 nitrogen and oxygen atoms in total. The first-order chi connectivity index (χ1) is 11.0. The summed E-state index contributed by atoms with van der Waals surface area (Å²) in [6.45, 7) is 1.86. The van der Waals surface area contributed by atoms with Crippen LogP contribution in [0.5, 0.6) is 0 Å². The molecule has 2 amide bonds. The Balaban J connectivity index is 1.62. The van der Waals surface area contributed by atoms with E-state index in [1.165, 1.54) is 29.5 Å². The average molecular weight is 397 g/mol. The normalized spacial score (nSPS) is 14.9. The van der Waals surface area contributed by atoms with Crippen molar-refractivity contribution in [2.24, 2.45) is 0 Å². The lowest BCUT2D eigenvalue weighted by atomic mass is 10.1. The summed E-state index contributed by atoms with van der Waals surface area (Å²) in [5.41, 5.74) is 0.998. The summed E-state index contributed by atoms with van der Waals surface area (Å²) in [5, 5.41) is 1.82. The summed E-state index contributed by atoms with van der Waals surface area (Å²) in [6, 6.07) is 7.48. The molecule has 0 spiro atoms. The maximum absolute atomic E-state index is 13.2. The number of halogens is 2. The number of thiophene rings is 1. The van der Waals surface area contributed by atoms with Crippen LogP contribution in [-0.2, 0) is 0 Å². The van der Waals surface area contributed by atoms with Gasteiger partial charge in [0.25, 0.3) is 11.8 Å². The van der Waals surface area contributed by atoms with Crippen molar-refractivity contribution in [2.75, 3.05) is 26.2 Å². The lowest BCUT2D eigenvalue weighted by Crippen LogP contribution is -2.50. The van der Waals surface area contributed by atoms with Gasteiger partial charge in [-0.3, -0.25) is 9.59 Å². The lowest BCUT2D eigenvalue weighted by molar-refractivity contribution is 0.0535. The Morgan fingerprint density at radius 3 is 2.13 bits per heavy atom. The Labute approximate surface area is 145 Å². The first kappa shape index (κ1) is 16.1. The molecule has 0 bridgehead atoms. The van der Waals surface area contributed by atoms with E-state index in [2.05, 4.69) is 15.9 Å². The highest BCUT2D eigenvalue weighted by molar-refractivity contribution is 9.11. The zero-order valence-electron chi connectivity index (χ0n) is 12.2. The van der Waals surface area contributed by atoms with E-state index >= 15 is 0 Å². The number of carbonyl (C=O) groups excluding carboxylic acids is 2. The van der Waals surface area contributed by atoms with E-state index < -0.39 is 5.82 Å². The van der Waals surface area contributed by atoms with Crippen molar-refractivity contribution < 1.29 is 14.0 Å². The zero-order chi connectivity index (χ0) is 16.4. The Kier molecular flexibility index (Phi) is 4.77. The molecule has 7 heteroatoms. The summed E-state index contributed by atoms with van der Waals surface area (Å²) in [5.74, 6) is -0.646. The summed E-state index contributed by atoms with van der Waals surface area (Å²) in [7, 11) is 0. The van der Waals surface area contributed by atoms with E-state index in [1.54, 1.807) is 21.9 Å². The van der Waals surface area contributed by atoms with E-state index in [-0.39, 0.29) is 11.8 Å². The van der Waals surface area contributed by atoms with E-state index in [1.807, 2.05) is 5.38 Å². The molecule has 1 aromatic carbocycles. The molecule has 23 heavy (non-hydrogen) atoms. The summed E-state index contributed by atoms with van der Waals surface area (Å²) in [4.78, 5) is 28.1. The molecule has 0 aliphatic carbocycles. The maximum atomic E-state index is 13.2. The number of rotatable bonds is 2. The highest BCUT2D eigenvalue weighted by Crippen LogP contribution is 2.22. The van der Waals surface area contributed by atoms with Crippen LogP contribution in [-0.4, -0.2) is 47.8 Å². The first-order valence-electron chi connectivity index (χ1n) is 7.13. The Bertz CT molecular complexity index is 741. The first-order valence-corrected chi connectivity index (χ1v) is 8.80. The molecule has 1 aromatic heterocycles. The Morgan fingerprint density at radius 1 is 1.00 bits per heavy atom. The molecular formula is C16H14BrFN2O2S. The zero-order valence-corrected chi connectivity index (χ0v) is 14.6. The van der Waals surface area contributed by atoms with Gasteiger partial charge in [-0.05, 0) is 40.2 Å². The number of hydrogen-bond donors (Lipinski definition) is 0. The van der Waals surface area contributed by atoms with Crippen LogP contribution in [0.2, 0.25) is 0 Å². The van der Waals surface area contributed by atoms with Gasteiger partial charge in [0.2, 0.25) is 0 Å². The van der Waals surface area contributed by atoms with Crippen molar-refractivity contribution in [1.82, 2.24) is 9.80 Å². The van der Waals surface area contributed by atoms with Gasteiger partial charge in [0.1, 0.15) is 5.82 Å². The SMILES string of the molecule is O=C(c1cccc(F)c1)N1CCN(C(=O)c2csc(Br)c2)CC1. The van der Waals surface area contributed by atoms with Gasteiger partial charge in [-0.15, -0.1) is 11.3 Å². The monoisotopic (exact) mass is 396 g/mol. The molecule has 0 unspecified atom stereocenters. The van der Waals surface area contributed by atoms with Crippen LogP contribution >= 0.6 is 27.3 Å². The minimum Gasteiger partial charge on any atom is -0.335 e. The quantitative estimate of drug-likeness (QED) is 0.781. The molecule has 0 radical (unpaired) electrons. The van der Waals surface area contributed by atoms with Gasteiger partial charge in [-0.1, -0.05) is 6.07 Å². The molecule has 1 fully saturated rings. The second kappa shape index (κ2) is 6.80. The van der Waals surface area contributed by atoms with E-state index in [0.29, 0.717) is 37.3 Å². The molecular weight excluding hydrogens is 383 g/mol. The van der Waals surface area contributed by atoms with Crippen LogP contribution < -0.4 is 0 Å². The minimum absolute atomic E-state index is 0.0233. The van der Waals surface area contributed by atoms with Crippen LogP contribution in [0.4, 0.5) is 4.39 Å². The Hall–Kier alpha value is -1.73. The van der Waals surface area contributed by atoms with Gasteiger partial charge in [-0.25, -0.2) is 4.39 Å². The third-order valence-corrected chi connectivity index (χ3v) is 5.24. The van der Waals surface area contributed by atoms with Gasteiger partial charge >= 0.3 is 0 Å². The average Bonchev–Trinajstić information content (AvgIpc) is 3.00. The van der Waals surface area contributed by atoms with E-state index in [4.69, 9.17) is 0 Å². The molecule has 0 atom stereocenters. The highest BCUT2D eigenvalue weighted by Gasteiger charge is 2.26. The summed E-state index contributed by atoms with van der Waals surface area (Å²) in [6.07, 6.45) is 0. The van der Waals surface area contributed by atoms with Crippen molar-refractivity contribution in [2.45, 2.75) is 0 Å². The number of benzene rings is 1. The standard InChI is InChI=1S/C16H14BrFN2O2S/c17-14-9-12(10-23-14)16(22)20-6-4-19(5-7-20)15(21)11-2-1-3-13(18)8-11/h1-3,8-10H,4-7H2. The molecule has 0 saturated carbocycles. The van der Waals surface area contributed by atoms with Crippen molar-refractivity contribution in [3.05, 3.63) is 56.4 Å². The number of carbonyl (C=O) groups is 2. The smallest absolute Gasteiger partial charge is 0.254 e. The van der Waals surface area contributed by atoms with Gasteiger partial charge in [0, 0.05) is 37.1 Å². The molecule has 2 aromatic rings. The third kappa shape index (κ3) is 3.61. The topological polar surface area (TPSA) is 40.6 Å². The molecule has 1 aliphatic heterocycles. The van der Waals surface area contributed by atoms with Gasteiger partial charge in [-0.2, -0.15) is 0 Å². The van der Waals surface area contributed by atoms with Gasteiger partial charge in [0.05, 0.1) is 9.35 Å². The predicted octanol–water partition coefficient (Wildman–Crippen LogP) is 3.25. The molecule has 2 heterocycles. The van der Waals surface area contributed by atoms with E-state index in [0.717, 1.165) is 3.79 Å². The second-order valence-corrected chi connectivity index (χ2v) is 7.52. The van der Waals surface area contributed by atoms with Crippen LogP contribution in [0.1, 0.15) is 20.7 Å². The van der Waals surface area contributed by atoms with Crippen LogP contribution in [0.3, 0.4) is 0 Å². The molecule has 0 N–H and O–H groups in total. The predicted molar refractivity (Wildman–Crippen MR) is 90.2 cm³/mol. The molecule has 120 valence electrons. The fourth-order valence-electron chi connectivity index (χ4n) is 2.52. The maximum Gasteiger partial charge on any atom is 0.254 e. The molecule has 1 saturated heterocycles. The number of nitrogens with zero attached hydrogens (tertiary/aromatic N) is 2. The van der Waals surface area contributed by atoms with Crippen molar-refractivity contribution in [3.63, 3.8) is 0 Å². The highest BCUT2D eigenvalue weighted by atomic mass is 79.9. The Morgan fingerprint density at radius 2 is 1.61 bits per heavy atom. The summed E-state index contributed by atoms with van der Waals surface area (Å²) < 4.78 is 14.1.